The van der Waals surface area contributed by atoms with E-state index in [1.165, 1.54) is 4.90 Å². The third kappa shape index (κ3) is 10.1. The third-order valence-electron chi connectivity index (χ3n) is 13.7. The van der Waals surface area contributed by atoms with E-state index in [0.717, 1.165) is 0 Å². The fraction of sp³-hybridized carbons (Fsp3) is 0.127. The Balaban J connectivity index is 0.00000297. The number of halogens is 32. The van der Waals surface area contributed by atoms with Crippen LogP contribution in [0.5, 0.6) is 23.0 Å². The van der Waals surface area contributed by atoms with E-state index in [9.17, 15) is 0 Å². The van der Waals surface area contributed by atoms with Crippen LogP contribution in [0.3, 0.4) is 0 Å². The highest BCUT2D eigenvalue weighted by atomic mass is 19.2. The first kappa shape index (κ1) is 71.2. The van der Waals surface area contributed by atoms with Gasteiger partial charge in [-0.1, -0.05) is 0 Å². The second-order valence-corrected chi connectivity index (χ2v) is 19.2. The molecule has 8 aromatic rings. The molecule has 0 heterocycles. The van der Waals surface area contributed by atoms with E-state index in [0.29, 0.717) is 0 Å². The Morgan fingerprint density at radius 3 is 0.398 bits per heavy atom. The second kappa shape index (κ2) is 25.3. The van der Waals surface area contributed by atoms with E-state index in [1.807, 2.05) is 0 Å². The van der Waals surface area contributed by atoms with Gasteiger partial charge in [0.05, 0.1) is 71.8 Å². The maximum absolute atomic E-state index is 18.3. The van der Waals surface area contributed by atoms with Crippen LogP contribution in [0.25, 0.3) is 44.5 Å². The number of benzene rings is 8. The predicted molar refractivity (Wildman–Crippen MR) is 255 cm³/mol. The van der Waals surface area contributed by atoms with Gasteiger partial charge in [0, 0.05) is 0 Å². The van der Waals surface area contributed by atoms with Crippen molar-refractivity contribution in [1.82, 2.24) is 0 Å². The van der Waals surface area contributed by atoms with Crippen LogP contribution in [0, 0.1) is 186 Å². The fourth-order valence-corrected chi connectivity index (χ4v) is 10.1. The first-order chi connectivity index (χ1) is 43.2. The summed E-state index contributed by atoms with van der Waals surface area (Å²) in [6, 6.07) is 0. The fourth-order valence-electron chi connectivity index (χ4n) is 10.1. The molecule has 93 heavy (non-hydrogen) atoms. The smallest absolute Gasteiger partial charge is 0.204 e. The molecule has 38 heteroatoms. The maximum Gasteiger partial charge on any atom is 0.204 e. The molecule has 8 rings (SSSR count). The maximum atomic E-state index is 18.3. The number of rotatable bonds is 12. The molecule has 0 fully saturated rings. The minimum atomic E-state index is -8.95. The van der Waals surface area contributed by atoms with Crippen LogP contribution in [-0.4, -0.2) is 55.7 Å². The van der Waals surface area contributed by atoms with Crippen LogP contribution in [0.2, 0.25) is 0 Å². The van der Waals surface area contributed by atoms with Gasteiger partial charge in [0.15, 0.2) is 139 Å². The third-order valence-corrected chi connectivity index (χ3v) is 13.7. The second-order valence-electron chi connectivity index (χ2n) is 19.2. The summed E-state index contributed by atoms with van der Waals surface area (Å²) in [5, 5.41) is 0. The minimum Gasteiger partial charge on any atom is -0.491 e. The summed E-state index contributed by atoms with van der Waals surface area (Å²) in [6.07, 6.45) is -8.95. The molecule has 0 aliphatic heterocycles. The Hall–Kier alpha value is -9.26. The lowest BCUT2D eigenvalue weighted by molar-refractivity contribution is -0.836. The van der Waals surface area contributed by atoms with Gasteiger partial charge in [0.25, 0.3) is 0 Å². The Labute approximate surface area is 495 Å². The van der Waals surface area contributed by atoms with Crippen LogP contribution in [-0.2, 0) is 0 Å². The van der Waals surface area contributed by atoms with Gasteiger partial charge >= 0.3 is 0 Å². The van der Waals surface area contributed by atoms with Crippen molar-refractivity contribution in [1.29, 1.82) is 0 Å². The van der Waals surface area contributed by atoms with Gasteiger partial charge in [-0.3, -0.25) is 0 Å². The number of ether oxygens (including phenoxy) is 4. The van der Waals surface area contributed by atoms with E-state index >= 15 is 140 Å². The van der Waals surface area contributed by atoms with Crippen molar-refractivity contribution in [3.63, 3.8) is 0 Å². The van der Waals surface area contributed by atoms with Crippen molar-refractivity contribution in [2.24, 2.45) is 0 Å². The molecule has 0 aromatic heterocycles. The van der Waals surface area contributed by atoms with Crippen molar-refractivity contribution in [3.8, 4) is 67.5 Å². The van der Waals surface area contributed by atoms with Gasteiger partial charge < -0.3 is 23.8 Å². The zero-order valence-electron chi connectivity index (χ0n) is 45.8. The predicted octanol–water partition coefficient (Wildman–Crippen LogP) is 13.0. The standard InChI is InChI=1S/C52H12BF32O4.C3H9N/c1-86-49-41(78)21(58)9(22(59)42(49)79)5-13(29(66)37(74)33(70)17(5)54)53(14-6(18(55)34(71)38(75)30(14)67)10-23(60)43(80)50(87-2)44(81)24(10)61,15-7(19(56)35(72)39(76)31(15)68)11-25(62)45(82)51(88-3)46(83)26(11)63)16-8(20(57)36(73)40(77)32(16)69)12-27(64)47(84)52(89-4)48(85)28(12)65;1-4(2)3/h1-4H3;1-3H3/q-1;/p+1. The summed E-state index contributed by atoms with van der Waals surface area (Å²) in [4.78, 5) is 1.42. The Morgan fingerprint density at radius 2 is 0.280 bits per heavy atom. The van der Waals surface area contributed by atoms with Gasteiger partial charge in [0.1, 0.15) is 29.4 Å². The van der Waals surface area contributed by atoms with Crippen molar-refractivity contribution < 1.29 is 164 Å². The molecular weight excluding hydrogens is 1360 g/mol. The van der Waals surface area contributed by atoms with Gasteiger partial charge in [0.2, 0.25) is 46.5 Å². The van der Waals surface area contributed by atoms with Gasteiger partial charge in [-0.2, -0.15) is 35.1 Å². The molecule has 0 unspecified atom stereocenters. The average Bonchev–Trinajstić information content (AvgIpc) is 0.667. The molecule has 1 N–H and O–H groups in total. The van der Waals surface area contributed by atoms with Crippen LogP contribution in [0.4, 0.5) is 140 Å². The number of methoxy groups -OCH3 is 4. The van der Waals surface area contributed by atoms with Crippen LogP contribution in [0.15, 0.2) is 0 Å². The number of hydrogen-bond acceptors (Lipinski definition) is 4. The van der Waals surface area contributed by atoms with E-state index in [4.69, 9.17) is 0 Å². The average molecular weight is 1380 g/mol. The molecular formula is C55H22BF32NO4. The SMILES string of the molecule is COc1c(F)c(F)c(-c2c(F)c(F)c(F)c(F)c2[B-](c2c(F)c(F)c(F)c(F)c2-c2c(F)c(F)c(OC)c(F)c2F)(c2c(F)c(F)c(F)c(F)c2-c2c(F)c(F)c(OC)c(F)c2F)c2c(F)c(F)c(F)c(F)c2-c2c(F)c(F)c(OC)c(F)c2F)c(F)c1F.C[NH+](C)C. The summed E-state index contributed by atoms with van der Waals surface area (Å²) in [5.41, 5.74) is -49.3. The zero-order chi connectivity index (χ0) is 70.6. The summed E-state index contributed by atoms with van der Waals surface area (Å²) in [6.45, 7) is 0. The quantitative estimate of drug-likeness (QED) is 0.0573. The molecule has 0 spiro atoms. The van der Waals surface area contributed by atoms with Gasteiger partial charge in [-0.25, -0.2) is 105 Å². The molecule has 498 valence electrons. The highest BCUT2D eigenvalue weighted by Crippen LogP contribution is 2.47. The van der Waals surface area contributed by atoms with Crippen LogP contribution in [0.1, 0.15) is 0 Å². The molecule has 8 aromatic carbocycles. The summed E-state index contributed by atoms with van der Waals surface area (Å²) >= 11 is 0. The first-order valence-electron chi connectivity index (χ1n) is 24.2. The zero-order valence-corrected chi connectivity index (χ0v) is 45.8. The van der Waals surface area contributed by atoms with Crippen molar-refractivity contribution in [3.05, 3.63) is 186 Å². The highest BCUT2D eigenvalue weighted by molar-refractivity contribution is 7.22. The van der Waals surface area contributed by atoms with E-state index < -0.39 is 282 Å². The lowest BCUT2D eigenvalue weighted by atomic mass is 9.10. The number of nitrogens with one attached hydrogen (secondary N) is 1. The molecule has 5 nitrogen and oxygen atoms in total. The molecule has 0 aliphatic rings. The van der Waals surface area contributed by atoms with E-state index in [-0.39, 0.29) is 28.4 Å². The largest absolute Gasteiger partial charge is 0.491 e. The van der Waals surface area contributed by atoms with E-state index in [1.54, 1.807) is 0 Å². The number of hydrogen-bond donors (Lipinski definition) is 1. The van der Waals surface area contributed by atoms with Crippen LogP contribution >= 0.6 is 0 Å². The topological polar surface area (TPSA) is 41.4 Å². The van der Waals surface area contributed by atoms with Gasteiger partial charge in [-0.05, 0) is 22.3 Å². The molecule has 0 bridgehead atoms. The normalized spacial score (nSPS) is 11.7. The molecule has 0 saturated heterocycles. The highest BCUT2D eigenvalue weighted by Gasteiger charge is 2.54. The monoisotopic (exact) mass is 1380 g/mol. The lowest BCUT2D eigenvalue weighted by Crippen LogP contribution is -3.02. The Kier molecular flexibility index (Phi) is 19.4. The van der Waals surface area contributed by atoms with Crippen molar-refractivity contribution in [2.75, 3.05) is 49.6 Å². The summed E-state index contributed by atoms with van der Waals surface area (Å²) in [7, 11) is 6.30. The Bertz CT molecular complexity index is 3860. The molecule has 0 aliphatic carbocycles. The molecule has 0 atom stereocenters. The van der Waals surface area contributed by atoms with E-state index in [2.05, 4.69) is 40.1 Å². The molecule has 0 amide bonds. The summed E-state index contributed by atoms with van der Waals surface area (Å²) in [5.74, 6) is -136. The summed E-state index contributed by atoms with van der Waals surface area (Å²) < 4.78 is 554. The molecule has 0 radical (unpaired) electrons. The number of quaternary nitrogens is 1. The Morgan fingerprint density at radius 1 is 0.172 bits per heavy atom. The molecule has 0 saturated carbocycles. The van der Waals surface area contributed by atoms with Crippen molar-refractivity contribution in [2.45, 2.75) is 0 Å². The van der Waals surface area contributed by atoms with Gasteiger partial charge in [-0.15, -0.1) is 21.9 Å². The minimum absolute atomic E-state index is 0.0124. The first-order valence-corrected chi connectivity index (χ1v) is 24.2. The lowest BCUT2D eigenvalue weighted by Gasteiger charge is -2.49. The van der Waals surface area contributed by atoms with Crippen molar-refractivity contribution >= 4 is 28.0 Å². The van der Waals surface area contributed by atoms with Crippen LogP contribution < -0.4 is 45.7 Å².